The lowest BCUT2D eigenvalue weighted by Gasteiger charge is -2.18. The number of benzene rings is 1. The average molecular weight is 336 g/mol. The van der Waals surface area contributed by atoms with Crippen molar-refractivity contribution in [3.63, 3.8) is 0 Å². The van der Waals surface area contributed by atoms with Crippen molar-refractivity contribution in [3.05, 3.63) is 47.2 Å². The van der Waals surface area contributed by atoms with Gasteiger partial charge in [0.05, 0.1) is 18.3 Å². The molecule has 2 atom stereocenters. The Bertz CT molecular complexity index is 640. The van der Waals surface area contributed by atoms with Gasteiger partial charge >= 0.3 is 0 Å². The molecule has 1 aromatic heterocycles. The number of hydrogen-bond donors (Lipinski definition) is 1. The van der Waals surface area contributed by atoms with Gasteiger partial charge in [-0.25, -0.2) is 0 Å². The molecule has 0 radical (unpaired) electrons. The highest BCUT2D eigenvalue weighted by Gasteiger charge is 2.17. The Morgan fingerprint density at radius 1 is 1.35 bits per heavy atom. The molecular formula is C17H22ClN3O2. The molecule has 0 spiro atoms. The third kappa shape index (κ3) is 4.99. The summed E-state index contributed by atoms with van der Waals surface area (Å²) in [4.78, 5) is 12.2. The minimum Gasteiger partial charge on any atom is -0.497 e. The highest BCUT2D eigenvalue weighted by Crippen LogP contribution is 2.14. The predicted octanol–water partition coefficient (Wildman–Crippen LogP) is 3.24. The summed E-state index contributed by atoms with van der Waals surface area (Å²) in [5.41, 5.74) is 1.22. The molecule has 2 rings (SSSR count). The second-order valence-corrected chi connectivity index (χ2v) is 6.05. The van der Waals surface area contributed by atoms with Gasteiger partial charge in [0.1, 0.15) is 11.8 Å². The van der Waals surface area contributed by atoms with Gasteiger partial charge in [0.15, 0.2) is 0 Å². The van der Waals surface area contributed by atoms with Gasteiger partial charge in [-0.15, -0.1) is 0 Å². The van der Waals surface area contributed by atoms with Gasteiger partial charge in [0.25, 0.3) is 0 Å². The summed E-state index contributed by atoms with van der Waals surface area (Å²) in [6, 6.07) is 7.68. The van der Waals surface area contributed by atoms with Crippen molar-refractivity contribution in [1.82, 2.24) is 15.1 Å². The van der Waals surface area contributed by atoms with Crippen LogP contribution in [0.15, 0.2) is 36.7 Å². The quantitative estimate of drug-likeness (QED) is 0.845. The zero-order valence-electron chi connectivity index (χ0n) is 13.6. The average Bonchev–Trinajstić information content (AvgIpc) is 2.99. The first kappa shape index (κ1) is 17.3. The molecule has 1 amide bonds. The third-order valence-electron chi connectivity index (χ3n) is 3.76. The smallest absolute Gasteiger partial charge is 0.244 e. The maximum Gasteiger partial charge on any atom is 0.244 e. The number of halogens is 1. The van der Waals surface area contributed by atoms with Gasteiger partial charge in [-0.2, -0.15) is 5.10 Å². The molecule has 1 N–H and O–H groups in total. The second-order valence-electron chi connectivity index (χ2n) is 5.61. The lowest BCUT2D eigenvalue weighted by molar-refractivity contribution is -0.124. The van der Waals surface area contributed by atoms with E-state index in [1.807, 2.05) is 31.2 Å². The SMILES string of the molecule is COc1ccc(CC[C@H](C)NC(=O)[C@H](C)n2cc(Cl)cn2)cc1. The van der Waals surface area contributed by atoms with Gasteiger partial charge in [-0.05, 0) is 44.4 Å². The summed E-state index contributed by atoms with van der Waals surface area (Å²) in [5, 5.41) is 7.60. The standard InChI is InChI=1S/C17H22ClN3O2/c1-12(4-5-14-6-8-16(23-3)9-7-14)20-17(22)13(2)21-11-15(18)10-19-21/h6-13H,4-5H2,1-3H3,(H,20,22)/t12-,13-/m0/s1. The van der Waals surface area contributed by atoms with Crippen LogP contribution in [-0.4, -0.2) is 28.8 Å². The first-order chi connectivity index (χ1) is 11.0. The van der Waals surface area contributed by atoms with E-state index in [9.17, 15) is 4.79 Å². The van der Waals surface area contributed by atoms with Crippen LogP contribution >= 0.6 is 11.6 Å². The molecule has 2 aromatic rings. The molecule has 0 unspecified atom stereocenters. The van der Waals surface area contributed by atoms with E-state index in [1.165, 1.54) is 11.8 Å². The highest BCUT2D eigenvalue weighted by atomic mass is 35.5. The zero-order chi connectivity index (χ0) is 16.8. The fourth-order valence-corrected chi connectivity index (χ4v) is 2.40. The fourth-order valence-electron chi connectivity index (χ4n) is 2.26. The minimum absolute atomic E-state index is 0.0630. The van der Waals surface area contributed by atoms with E-state index in [0.29, 0.717) is 5.02 Å². The van der Waals surface area contributed by atoms with Crippen molar-refractivity contribution in [2.24, 2.45) is 0 Å². The monoisotopic (exact) mass is 335 g/mol. The molecule has 0 aliphatic carbocycles. The molecule has 23 heavy (non-hydrogen) atoms. The van der Waals surface area contributed by atoms with E-state index in [4.69, 9.17) is 16.3 Å². The number of rotatable bonds is 7. The molecule has 124 valence electrons. The Morgan fingerprint density at radius 2 is 2.04 bits per heavy atom. The topological polar surface area (TPSA) is 56.1 Å². The molecule has 0 aliphatic rings. The van der Waals surface area contributed by atoms with Crippen LogP contribution in [0.4, 0.5) is 0 Å². The number of carbonyl (C=O) groups is 1. The number of methoxy groups -OCH3 is 1. The van der Waals surface area contributed by atoms with Crippen LogP contribution in [0.3, 0.4) is 0 Å². The summed E-state index contributed by atoms with van der Waals surface area (Å²) in [7, 11) is 1.65. The maximum atomic E-state index is 12.2. The van der Waals surface area contributed by atoms with E-state index in [2.05, 4.69) is 10.4 Å². The number of hydrogen-bond acceptors (Lipinski definition) is 3. The van der Waals surface area contributed by atoms with E-state index in [0.717, 1.165) is 18.6 Å². The van der Waals surface area contributed by atoms with Crippen LogP contribution in [0.25, 0.3) is 0 Å². The number of nitrogens with one attached hydrogen (secondary N) is 1. The molecule has 0 saturated carbocycles. The van der Waals surface area contributed by atoms with Gasteiger partial charge in [-0.1, -0.05) is 23.7 Å². The normalized spacial score (nSPS) is 13.4. The molecule has 1 aromatic carbocycles. The maximum absolute atomic E-state index is 12.2. The predicted molar refractivity (Wildman–Crippen MR) is 90.9 cm³/mol. The summed E-state index contributed by atoms with van der Waals surface area (Å²) < 4.78 is 6.71. The van der Waals surface area contributed by atoms with Gasteiger partial charge in [0, 0.05) is 12.2 Å². The first-order valence-electron chi connectivity index (χ1n) is 7.62. The van der Waals surface area contributed by atoms with E-state index in [1.54, 1.807) is 24.9 Å². The molecule has 6 heteroatoms. The Hall–Kier alpha value is -2.01. The number of nitrogens with zero attached hydrogens (tertiary/aromatic N) is 2. The number of amides is 1. The molecule has 0 aliphatic heterocycles. The Kier molecular flexibility index (Phi) is 6.04. The fraction of sp³-hybridized carbons (Fsp3) is 0.412. The van der Waals surface area contributed by atoms with Gasteiger partial charge in [-0.3, -0.25) is 9.48 Å². The zero-order valence-corrected chi connectivity index (χ0v) is 14.4. The number of aromatic nitrogens is 2. The first-order valence-corrected chi connectivity index (χ1v) is 8.00. The summed E-state index contributed by atoms with van der Waals surface area (Å²) in [6.45, 7) is 3.80. The van der Waals surface area contributed by atoms with Crippen molar-refractivity contribution < 1.29 is 9.53 Å². The number of aryl methyl sites for hydroxylation is 1. The molecule has 1 heterocycles. The molecule has 0 bridgehead atoms. The summed E-state index contributed by atoms with van der Waals surface area (Å²) in [5.74, 6) is 0.786. The van der Waals surface area contributed by atoms with Crippen LogP contribution in [0, 0.1) is 0 Å². The van der Waals surface area contributed by atoms with Crippen LogP contribution < -0.4 is 10.1 Å². The van der Waals surface area contributed by atoms with Crippen molar-refractivity contribution in [1.29, 1.82) is 0 Å². The van der Waals surface area contributed by atoms with Crippen LogP contribution in [0.2, 0.25) is 5.02 Å². The summed E-state index contributed by atoms with van der Waals surface area (Å²) >= 11 is 5.83. The van der Waals surface area contributed by atoms with Crippen LogP contribution in [-0.2, 0) is 11.2 Å². The van der Waals surface area contributed by atoms with Crippen molar-refractivity contribution in [2.75, 3.05) is 7.11 Å². The number of ether oxygens (including phenoxy) is 1. The highest BCUT2D eigenvalue weighted by molar-refractivity contribution is 6.30. The van der Waals surface area contributed by atoms with Gasteiger partial charge < -0.3 is 10.1 Å². The molecular weight excluding hydrogens is 314 g/mol. The summed E-state index contributed by atoms with van der Waals surface area (Å²) in [6.07, 6.45) is 4.93. The Balaban J connectivity index is 1.81. The Labute approximate surface area is 141 Å². The van der Waals surface area contributed by atoms with Crippen molar-refractivity contribution >= 4 is 17.5 Å². The van der Waals surface area contributed by atoms with E-state index >= 15 is 0 Å². The van der Waals surface area contributed by atoms with Crippen molar-refractivity contribution in [3.8, 4) is 5.75 Å². The second kappa shape index (κ2) is 8.02. The third-order valence-corrected chi connectivity index (χ3v) is 3.96. The molecule has 0 fully saturated rings. The van der Waals surface area contributed by atoms with Crippen LogP contribution in [0.1, 0.15) is 31.9 Å². The molecule has 5 nitrogen and oxygen atoms in total. The Morgan fingerprint density at radius 3 is 2.61 bits per heavy atom. The van der Waals surface area contributed by atoms with E-state index in [-0.39, 0.29) is 18.0 Å². The number of carbonyl (C=O) groups excluding carboxylic acids is 1. The minimum atomic E-state index is -0.383. The lowest BCUT2D eigenvalue weighted by Crippen LogP contribution is -2.37. The molecule has 0 saturated heterocycles. The van der Waals surface area contributed by atoms with Crippen LogP contribution in [0.5, 0.6) is 5.75 Å². The van der Waals surface area contributed by atoms with Crippen molar-refractivity contribution in [2.45, 2.75) is 38.8 Å². The lowest BCUT2D eigenvalue weighted by atomic mass is 10.1. The van der Waals surface area contributed by atoms with E-state index < -0.39 is 0 Å². The largest absolute Gasteiger partial charge is 0.497 e. The van der Waals surface area contributed by atoms with Gasteiger partial charge in [0.2, 0.25) is 5.91 Å².